The van der Waals surface area contributed by atoms with Crippen molar-refractivity contribution in [3.05, 3.63) is 105 Å². The molecule has 0 atom stereocenters. The molecule has 3 aromatic carbocycles. The average Bonchev–Trinajstić information content (AvgIpc) is 3.84. The van der Waals surface area contributed by atoms with Gasteiger partial charge in [-0.3, -0.25) is 14.6 Å². The second-order valence-corrected chi connectivity index (χ2v) is 11.7. The Bertz CT molecular complexity index is 1820. The number of nitrogens with zero attached hydrogens (tertiary/aromatic N) is 1. The minimum Gasteiger partial charge on any atom is -0.481 e. The van der Waals surface area contributed by atoms with Crippen LogP contribution in [0.1, 0.15) is 63.5 Å². The second-order valence-electron chi connectivity index (χ2n) is 11.3. The van der Waals surface area contributed by atoms with E-state index in [-0.39, 0.29) is 41.7 Å². The van der Waals surface area contributed by atoms with Gasteiger partial charge in [0.1, 0.15) is 5.69 Å². The van der Waals surface area contributed by atoms with Crippen LogP contribution in [0.25, 0.3) is 22.3 Å². The highest BCUT2D eigenvalue weighted by molar-refractivity contribution is 6.33. The Hall–Kier alpha value is -4.58. The zero-order valence-electron chi connectivity index (χ0n) is 24.8. The van der Waals surface area contributed by atoms with Gasteiger partial charge in [0, 0.05) is 36.1 Å². The molecule has 0 radical (unpaired) electrons. The molecule has 1 amide bonds. The molecule has 1 aliphatic carbocycles. The number of rotatable bonds is 10. The van der Waals surface area contributed by atoms with Gasteiger partial charge in [0.25, 0.3) is 5.91 Å². The molecule has 246 valence electrons. The summed E-state index contributed by atoms with van der Waals surface area (Å²) in [5.41, 5.74) is 2.17. The quantitative estimate of drug-likeness (QED) is 0.146. The first-order valence-electron chi connectivity index (χ1n) is 14.5. The number of carbonyl (C=O) groups excluding carboxylic acids is 1. The number of carbonyl (C=O) groups is 2. The van der Waals surface area contributed by atoms with Crippen molar-refractivity contribution in [2.45, 2.75) is 51.0 Å². The number of carboxylic acids is 1. The highest BCUT2D eigenvalue weighted by atomic mass is 35.5. The summed E-state index contributed by atoms with van der Waals surface area (Å²) in [6.45, 7) is 1.57. The van der Waals surface area contributed by atoms with Crippen LogP contribution in [0.15, 0.2) is 66.9 Å². The Morgan fingerprint density at radius 3 is 2.17 bits per heavy atom. The molecule has 0 saturated heterocycles. The summed E-state index contributed by atoms with van der Waals surface area (Å²) in [4.78, 5) is 27.2. The topological polar surface area (TPSA) is 91.3 Å². The van der Waals surface area contributed by atoms with Gasteiger partial charge in [0.05, 0.1) is 22.6 Å². The minimum absolute atomic E-state index is 0.0220. The Balaban J connectivity index is 1.44. The number of halogens is 7. The van der Waals surface area contributed by atoms with Gasteiger partial charge >= 0.3 is 18.3 Å². The van der Waals surface area contributed by atoms with Gasteiger partial charge in [-0.15, -0.1) is 0 Å². The van der Waals surface area contributed by atoms with Gasteiger partial charge in [-0.1, -0.05) is 29.8 Å². The number of aromatic nitrogens is 1. The molecule has 0 aliphatic heterocycles. The molecule has 1 saturated carbocycles. The third-order valence-corrected chi connectivity index (χ3v) is 8.16. The van der Waals surface area contributed by atoms with E-state index >= 15 is 0 Å². The zero-order chi connectivity index (χ0) is 34.1. The summed E-state index contributed by atoms with van der Waals surface area (Å²) in [6, 6.07) is 13.4. The molecule has 13 heteroatoms. The van der Waals surface area contributed by atoms with E-state index in [9.17, 15) is 35.9 Å². The summed E-state index contributed by atoms with van der Waals surface area (Å²) in [6.07, 6.45) is -6.60. The fourth-order valence-electron chi connectivity index (χ4n) is 5.31. The molecule has 6 nitrogen and oxygen atoms in total. The number of pyridine rings is 1. The summed E-state index contributed by atoms with van der Waals surface area (Å²) in [5.74, 6) is -1.76. The highest BCUT2D eigenvalue weighted by Crippen LogP contribution is 2.47. The summed E-state index contributed by atoms with van der Waals surface area (Å²) in [5, 5.41) is 14.7. The SMILES string of the molecule is Cc1cc(C(F)(F)F)ccc1-c1ccc(NCc2c(-c3ccc(C(=O)NCCC(=O)O)nc3)cc(C(F)(F)F)cc2C2CC2)cc1Cl. The van der Waals surface area contributed by atoms with E-state index in [1.807, 2.05) is 0 Å². The normalized spacial score (nSPS) is 13.4. The lowest BCUT2D eigenvalue weighted by atomic mass is 9.90. The van der Waals surface area contributed by atoms with E-state index in [4.69, 9.17) is 16.7 Å². The standard InChI is InChI=1S/C34H28ClF6N3O3/c1-18-12-21(33(36,37)38)5-7-24(18)25-8-6-23(15-29(25)35)43-17-28-26(19-2-3-19)13-22(34(39,40)41)14-27(28)20-4-9-30(44-16-20)32(47)42-11-10-31(45)46/h4-9,12-16,19,43H,2-3,10-11,17H2,1H3,(H,42,47)(H,45,46). The van der Waals surface area contributed by atoms with E-state index in [0.717, 1.165) is 31.0 Å². The fourth-order valence-corrected chi connectivity index (χ4v) is 5.59. The monoisotopic (exact) mass is 675 g/mol. The first-order valence-corrected chi connectivity index (χ1v) is 14.9. The van der Waals surface area contributed by atoms with E-state index in [0.29, 0.717) is 39.1 Å². The smallest absolute Gasteiger partial charge is 0.416 e. The number of amides is 1. The summed E-state index contributed by atoms with van der Waals surface area (Å²) < 4.78 is 81.5. The number of hydrogen-bond donors (Lipinski definition) is 3. The predicted octanol–water partition coefficient (Wildman–Crippen LogP) is 9.11. The van der Waals surface area contributed by atoms with Crippen LogP contribution < -0.4 is 10.6 Å². The van der Waals surface area contributed by atoms with Crippen LogP contribution in [0.2, 0.25) is 5.02 Å². The Morgan fingerprint density at radius 2 is 1.60 bits per heavy atom. The number of hydrogen-bond acceptors (Lipinski definition) is 4. The van der Waals surface area contributed by atoms with Gasteiger partial charge in [0.2, 0.25) is 0 Å². The van der Waals surface area contributed by atoms with Crippen LogP contribution in [-0.2, 0) is 23.7 Å². The number of benzene rings is 3. The van der Waals surface area contributed by atoms with Crippen LogP contribution in [0.5, 0.6) is 0 Å². The molecule has 1 heterocycles. The highest BCUT2D eigenvalue weighted by Gasteiger charge is 2.36. The second kappa shape index (κ2) is 13.3. The molecule has 1 fully saturated rings. The Labute approximate surface area is 270 Å². The maximum Gasteiger partial charge on any atom is 0.416 e. The maximum absolute atomic E-state index is 14.0. The molecule has 4 aromatic rings. The van der Waals surface area contributed by atoms with Crippen molar-refractivity contribution in [2.24, 2.45) is 0 Å². The van der Waals surface area contributed by atoms with E-state index in [2.05, 4.69) is 15.6 Å². The van der Waals surface area contributed by atoms with Gasteiger partial charge in [0.15, 0.2) is 0 Å². The molecule has 1 aromatic heterocycles. The Morgan fingerprint density at radius 1 is 0.894 bits per heavy atom. The van der Waals surface area contributed by atoms with Crippen molar-refractivity contribution >= 4 is 29.2 Å². The van der Waals surface area contributed by atoms with Crippen LogP contribution in [-0.4, -0.2) is 28.5 Å². The molecule has 0 spiro atoms. The molecule has 3 N–H and O–H groups in total. The number of carboxylic acid groups (broad SMARTS) is 1. The summed E-state index contributed by atoms with van der Waals surface area (Å²) >= 11 is 6.57. The molecule has 0 bridgehead atoms. The van der Waals surface area contributed by atoms with Crippen LogP contribution in [0.4, 0.5) is 32.0 Å². The first-order chi connectivity index (χ1) is 22.1. The maximum atomic E-state index is 14.0. The minimum atomic E-state index is -4.61. The van der Waals surface area contributed by atoms with Crippen molar-refractivity contribution in [3.63, 3.8) is 0 Å². The molecular weight excluding hydrogens is 648 g/mol. The lowest BCUT2D eigenvalue weighted by Gasteiger charge is -2.20. The van der Waals surface area contributed by atoms with Gasteiger partial charge in [-0.05, 0) is 96.0 Å². The molecule has 0 unspecified atom stereocenters. The molecule has 5 rings (SSSR count). The van der Waals surface area contributed by atoms with Crippen LogP contribution in [0.3, 0.4) is 0 Å². The van der Waals surface area contributed by atoms with E-state index in [1.165, 1.54) is 30.5 Å². The fraction of sp³-hybridized carbons (Fsp3) is 0.265. The lowest BCUT2D eigenvalue weighted by Crippen LogP contribution is -2.26. The zero-order valence-corrected chi connectivity index (χ0v) is 25.6. The molecular formula is C34H28ClF6N3O3. The van der Waals surface area contributed by atoms with Gasteiger partial charge in [-0.2, -0.15) is 26.3 Å². The van der Waals surface area contributed by atoms with Gasteiger partial charge in [-0.25, -0.2) is 0 Å². The lowest BCUT2D eigenvalue weighted by molar-refractivity contribution is -0.138. The third-order valence-electron chi connectivity index (χ3n) is 7.84. The van der Waals surface area contributed by atoms with Crippen molar-refractivity contribution in [1.82, 2.24) is 10.3 Å². The predicted molar refractivity (Wildman–Crippen MR) is 165 cm³/mol. The number of aryl methyl sites for hydroxylation is 1. The van der Waals surface area contributed by atoms with Crippen molar-refractivity contribution in [1.29, 1.82) is 0 Å². The summed E-state index contributed by atoms with van der Waals surface area (Å²) in [7, 11) is 0. The average molecular weight is 676 g/mol. The van der Waals surface area contributed by atoms with Crippen LogP contribution >= 0.6 is 11.6 Å². The molecule has 47 heavy (non-hydrogen) atoms. The number of aliphatic carboxylic acids is 1. The number of alkyl halides is 6. The van der Waals surface area contributed by atoms with Gasteiger partial charge < -0.3 is 15.7 Å². The number of anilines is 1. The van der Waals surface area contributed by atoms with Crippen molar-refractivity contribution < 1.29 is 41.0 Å². The largest absolute Gasteiger partial charge is 0.481 e. The van der Waals surface area contributed by atoms with Crippen LogP contribution in [0, 0.1) is 6.92 Å². The third kappa shape index (κ3) is 8.05. The van der Waals surface area contributed by atoms with E-state index in [1.54, 1.807) is 25.1 Å². The van der Waals surface area contributed by atoms with Crippen molar-refractivity contribution in [3.8, 4) is 22.3 Å². The first kappa shape index (κ1) is 33.8. The van der Waals surface area contributed by atoms with E-state index < -0.39 is 35.4 Å². The molecule has 1 aliphatic rings. The van der Waals surface area contributed by atoms with Crippen molar-refractivity contribution in [2.75, 3.05) is 11.9 Å². The number of nitrogens with one attached hydrogen (secondary N) is 2. The Kier molecular flexibility index (Phi) is 9.53.